The van der Waals surface area contributed by atoms with Crippen LogP contribution < -0.4 is 21.3 Å². The number of aromatic nitrogens is 1. The van der Waals surface area contributed by atoms with E-state index in [2.05, 4.69) is 47.2 Å². The van der Waals surface area contributed by atoms with E-state index in [0.717, 1.165) is 26.2 Å². The van der Waals surface area contributed by atoms with Gasteiger partial charge in [0.15, 0.2) is 0 Å². The van der Waals surface area contributed by atoms with Crippen LogP contribution in [0, 0.1) is 0 Å². The van der Waals surface area contributed by atoms with Crippen molar-refractivity contribution in [2.24, 2.45) is 0 Å². The molecule has 2 saturated carbocycles. The van der Waals surface area contributed by atoms with Gasteiger partial charge in [0.25, 0.3) is 0 Å². The van der Waals surface area contributed by atoms with Crippen molar-refractivity contribution in [1.82, 2.24) is 26.3 Å². The quantitative estimate of drug-likeness (QED) is 0.305. The molecule has 4 rings (SSSR count). The second-order valence-corrected chi connectivity index (χ2v) is 13.3. The van der Waals surface area contributed by atoms with Gasteiger partial charge in [-0.25, -0.2) is 0 Å². The van der Waals surface area contributed by atoms with E-state index in [1.165, 1.54) is 67.6 Å². The summed E-state index contributed by atoms with van der Waals surface area (Å²) in [5.74, 6) is 0. The number of nitrogens with zero attached hydrogens (tertiary/aromatic N) is 1. The third kappa shape index (κ3) is 9.78. The zero-order valence-electron chi connectivity index (χ0n) is 20.0. The Labute approximate surface area is 219 Å². The van der Waals surface area contributed by atoms with Crippen LogP contribution in [0.5, 0.6) is 0 Å². The number of halogens is 2. The van der Waals surface area contributed by atoms with Crippen LogP contribution in [0.4, 0.5) is 0 Å². The molecule has 2 heterocycles. The molecule has 2 fully saturated rings. The summed E-state index contributed by atoms with van der Waals surface area (Å²) in [6.07, 6.45) is 10.5. The molecule has 4 N–H and O–H groups in total. The van der Waals surface area contributed by atoms with E-state index in [1.807, 2.05) is 11.8 Å². The first-order valence-electron chi connectivity index (χ1n) is 12.6. The van der Waals surface area contributed by atoms with E-state index in [9.17, 15) is 0 Å². The van der Waals surface area contributed by atoms with Crippen LogP contribution in [0.1, 0.15) is 76.6 Å². The molecule has 0 aromatic carbocycles. The van der Waals surface area contributed by atoms with E-state index in [-0.39, 0.29) is 13.1 Å². The maximum absolute atomic E-state index is 5.05. The number of pyridine rings is 1. The van der Waals surface area contributed by atoms with Gasteiger partial charge < -0.3 is 21.3 Å². The molecule has 1 aliphatic heterocycles. The Hall–Kier alpha value is 0.439. The molecular formula is C24H41Cl2MnN5S. The Kier molecular flexibility index (Phi) is 13.2. The number of thioether (sulfide) groups is 1. The van der Waals surface area contributed by atoms with Crippen molar-refractivity contribution in [2.75, 3.05) is 13.1 Å². The van der Waals surface area contributed by atoms with Crippen LogP contribution in [-0.2, 0) is 26.2 Å². The zero-order valence-corrected chi connectivity index (χ0v) is 23.5. The van der Waals surface area contributed by atoms with Gasteiger partial charge in [-0.1, -0.05) is 39.5 Å². The van der Waals surface area contributed by atoms with Crippen molar-refractivity contribution in [3.05, 3.63) is 23.5 Å². The fourth-order valence-corrected chi connectivity index (χ4v) is 6.32. The average Bonchev–Trinajstić information content (AvgIpc) is 2.80. The summed E-state index contributed by atoms with van der Waals surface area (Å²) in [4.78, 5) is 6.40. The Morgan fingerprint density at radius 3 is 1.58 bits per heavy atom. The van der Waals surface area contributed by atoms with Gasteiger partial charge in [0.1, 0.15) is 0 Å². The van der Waals surface area contributed by atoms with Gasteiger partial charge in [-0.2, -0.15) is 0 Å². The molecule has 1 aromatic rings. The van der Waals surface area contributed by atoms with Gasteiger partial charge in [0, 0.05) is 60.5 Å². The van der Waals surface area contributed by atoms with Crippen molar-refractivity contribution in [3.8, 4) is 0 Å². The maximum atomic E-state index is 5.05. The van der Waals surface area contributed by atoms with Crippen LogP contribution >= 0.6 is 32.0 Å². The van der Waals surface area contributed by atoms with Crippen LogP contribution in [0.15, 0.2) is 17.0 Å². The van der Waals surface area contributed by atoms with Gasteiger partial charge in [0.2, 0.25) is 0 Å². The summed E-state index contributed by atoms with van der Waals surface area (Å²) in [6, 6.07) is 6.87. The summed E-state index contributed by atoms with van der Waals surface area (Å²) >= 11 is 1.96. The third-order valence-electron chi connectivity index (χ3n) is 6.84. The SMILES string of the molecule is CC(C)Sc1cc2nc(c1)CN[C@@H]1CCCC[C@H]1NCCN[C@@H]1CCCC[C@H]1NC2.[Cl][Mn][Cl]. The first-order valence-corrected chi connectivity index (χ1v) is 16.7. The normalized spacial score (nSPS) is 29.0. The summed E-state index contributed by atoms with van der Waals surface area (Å²) in [7, 11) is 9.59. The Bertz CT molecular complexity index is 651. The van der Waals surface area contributed by atoms with Gasteiger partial charge >= 0.3 is 33.3 Å². The van der Waals surface area contributed by atoms with Gasteiger partial charge in [-0.15, -0.1) is 11.8 Å². The van der Waals surface area contributed by atoms with Gasteiger partial charge in [-0.05, 0) is 37.8 Å². The second-order valence-electron chi connectivity index (χ2n) is 9.67. The molecule has 189 valence electrons. The van der Waals surface area contributed by atoms with Gasteiger partial charge in [0.05, 0.1) is 11.4 Å². The molecule has 1 aromatic heterocycles. The fourth-order valence-electron chi connectivity index (χ4n) is 5.37. The average molecular weight is 558 g/mol. The van der Waals surface area contributed by atoms with E-state index in [1.54, 1.807) is 0 Å². The summed E-state index contributed by atoms with van der Waals surface area (Å²) in [6.45, 7) is 8.40. The molecule has 0 unspecified atom stereocenters. The number of hydrogen-bond acceptors (Lipinski definition) is 6. The molecular weight excluding hydrogens is 516 g/mol. The number of nitrogens with one attached hydrogen (secondary N) is 4. The molecule has 0 spiro atoms. The van der Waals surface area contributed by atoms with Crippen molar-refractivity contribution in [3.63, 3.8) is 0 Å². The molecule has 5 nitrogen and oxygen atoms in total. The third-order valence-corrected chi connectivity index (χ3v) is 7.82. The van der Waals surface area contributed by atoms with Crippen LogP contribution in [0.3, 0.4) is 0 Å². The molecule has 2 aliphatic carbocycles. The van der Waals surface area contributed by atoms with Crippen molar-refractivity contribution >= 4 is 32.0 Å². The Morgan fingerprint density at radius 1 is 0.788 bits per heavy atom. The van der Waals surface area contributed by atoms with E-state index >= 15 is 0 Å². The molecule has 4 atom stereocenters. The summed E-state index contributed by atoms with van der Waals surface area (Å²) < 4.78 is 0. The first kappa shape index (κ1) is 28.0. The molecule has 2 bridgehead atoms. The second kappa shape index (κ2) is 15.5. The van der Waals surface area contributed by atoms with Crippen LogP contribution in [0.2, 0.25) is 0 Å². The molecule has 0 radical (unpaired) electrons. The summed E-state index contributed by atoms with van der Waals surface area (Å²) in [5, 5.41) is 16.0. The predicted octanol–water partition coefficient (Wildman–Crippen LogP) is 4.95. The number of rotatable bonds is 2. The van der Waals surface area contributed by atoms with Crippen molar-refractivity contribution in [2.45, 2.75) is 113 Å². The molecule has 0 saturated heterocycles. The molecule has 9 heteroatoms. The van der Waals surface area contributed by atoms with Gasteiger partial charge in [-0.3, -0.25) is 4.98 Å². The zero-order chi connectivity index (χ0) is 23.5. The van der Waals surface area contributed by atoms with Crippen molar-refractivity contribution < 1.29 is 13.1 Å². The van der Waals surface area contributed by atoms with E-state index in [4.69, 9.17) is 25.2 Å². The Morgan fingerprint density at radius 2 is 1.18 bits per heavy atom. The summed E-state index contributed by atoms with van der Waals surface area (Å²) in [5.41, 5.74) is 2.38. The Balaban J connectivity index is 0.000000968. The monoisotopic (exact) mass is 556 g/mol. The molecule has 3 aliphatic rings. The van der Waals surface area contributed by atoms with E-state index < -0.39 is 0 Å². The predicted molar refractivity (Wildman–Crippen MR) is 139 cm³/mol. The minimum absolute atomic E-state index is 0.00694. The fraction of sp³-hybridized carbons (Fsp3) is 0.792. The van der Waals surface area contributed by atoms with E-state index in [0.29, 0.717) is 29.4 Å². The van der Waals surface area contributed by atoms with Crippen LogP contribution in [0.25, 0.3) is 0 Å². The minimum atomic E-state index is 0.00694. The molecule has 0 amide bonds. The number of fused-ring (bicyclic) bond motifs is 4. The number of hydrogen-bond donors (Lipinski definition) is 4. The van der Waals surface area contributed by atoms with Crippen molar-refractivity contribution in [1.29, 1.82) is 0 Å². The topological polar surface area (TPSA) is 61.0 Å². The molecule has 33 heavy (non-hydrogen) atoms. The first-order chi connectivity index (χ1) is 16.1. The standard InChI is InChI=1S/C24H41N5S.2ClH.Mn/c1-17(2)30-20-13-18-15-27-23-9-5-3-7-21(23)25-11-12-26-22-8-4-6-10-24(22)28-16-19(14-20)29-18;;;/h13-14,17,21-28H,3-12,15-16H2,1-2H3;2*1H;/q;;;+2/p-2/t21-,22-,23-,24-;;;/m1.../s1. The van der Waals surface area contributed by atoms with Crippen LogP contribution in [-0.4, -0.2) is 47.5 Å².